The first-order chi connectivity index (χ1) is 13.4. The number of para-hydroxylation sites is 2. The van der Waals surface area contributed by atoms with Gasteiger partial charge in [0.05, 0.1) is 22.8 Å². The van der Waals surface area contributed by atoms with Crippen molar-refractivity contribution in [3.63, 3.8) is 0 Å². The molecule has 4 rings (SSSR count). The van der Waals surface area contributed by atoms with Crippen LogP contribution in [0.1, 0.15) is 36.1 Å². The number of carbonyl (C=O) groups excluding carboxylic acids is 2. The summed E-state index contributed by atoms with van der Waals surface area (Å²) in [6.07, 6.45) is 0. The second-order valence-corrected chi connectivity index (χ2v) is 7.26. The lowest BCUT2D eigenvalue weighted by molar-refractivity contribution is -0.118. The molecule has 0 bridgehead atoms. The Morgan fingerprint density at radius 1 is 1.25 bits per heavy atom. The number of benzene rings is 2. The van der Waals surface area contributed by atoms with Crippen LogP contribution in [-0.4, -0.2) is 28.0 Å². The van der Waals surface area contributed by atoms with Gasteiger partial charge < -0.3 is 19.9 Å². The van der Waals surface area contributed by atoms with E-state index in [1.165, 1.54) is 0 Å². The van der Waals surface area contributed by atoms with Gasteiger partial charge in [0.2, 0.25) is 0 Å². The number of carbonyl (C=O) groups is 2. The summed E-state index contributed by atoms with van der Waals surface area (Å²) in [6, 6.07) is 12.7. The highest BCUT2D eigenvalue weighted by Crippen LogP contribution is 2.29. The van der Waals surface area contributed by atoms with E-state index in [1.807, 2.05) is 49.7 Å². The topological polar surface area (TPSA) is 85.2 Å². The molecule has 0 saturated carbocycles. The van der Waals surface area contributed by atoms with Gasteiger partial charge in [0.1, 0.15) is 11.6 Å². The van der Waals surface area contributed by atoms with Gasteiger partial charge in [-0.1, -0.05) is 26.0 Å². The van der Waals surface area contributed by atoms with Gasteiger partial charge in [-0.3, -0.25) is 9.59 Å². The van der Waals surface area contributed by atoms with Crippen LogP contribution >= 0.6 is 0 Å². The van der Waals surface area contributed by atoms with Gasteiger partial charge in [-0.2, -0.15) is 0 Å². The zero-order chi connectivity index (χ0) is 19.8. The Morgan fingerprint density at radius 2 is 2.04 bits per heavy atom. The van der Waals surface area contributed by atoms with E-state index in [-0.39, 0.29) is 30.4 Å². The maximum Gasteiger partial charge on any atom is 0.262 e. The van der Waals surface area contributed by atoms with Gasteiger partial charge in [0, 0.05) is 12.6 Å². The van der Waals surface area contributed by atoms with Crippen LogP contribution in [0.4, 0.5) is 5.69 Å². The summed E-state index contributed by atoms with van der Waals surface area (Å²) in [6.45, 7) is 4.08. The molecule has 7 heteroatoms. The number of hydrogen-bond donors (Lipinski definition) is 2. The predicted molar refractivity (Wildman–Crippen MR) is 106 cm³/mol. The Balaban J connectivity index is 1.63. The number of nitrogens with one attached hydrogen (secondary N) is 2. The molecule has 0 radical (unpaired) electrons. The minimum absolute atomic E-state index is 0.0132. The quantitative estimate of drug-likeness (QED) is 0.731. The molecule has 0 saturated heterocycles. The number of aromatic nitrogens is 2. The monoisotopic (exact) mass is 378 g/mol. The van der Waals surface area contributed by atoms with E-state index >= 15 is 0 Å². The lowest BCUT2D eigenvalue weighted by atomic mass is 10.0. The van der Waals surface area contributed by atoms with Crippen LogP contribution in [0.25, 0.3) is 11.0 Å². The Labute approximate surface area is 162 Å². The number of aryl methyl sites for hydroxylation is 1. The summed E-state index contributed by atoms with van der Waals surface area (Å²) in [5.74, 6) is 1.05. The summed E-state index contributed by atoms with van der Waals surface area (Å²) in [5.41, 5.74) is 2.88. The largest absolute Gasteiger partial charge is 0.482 e. The zero-order valence-corrected chi connectivity index (χ0v) is 16.0. The van der Waals surface area contributed by atoms with Gasteiger partial charge in [0.25, 0.3) is 11.8 Å². The van der Waals surface area contributed by atoms with E-state index in [2.05, 4.69) is 10.6 Å². The summed E-state index contributed by atoms with van der Waals surface area (Å²) >= 11 is 0. The molecule has 0 unspecified atom stereocenters. The number of rotatable bonds is 4. The number of anilines is 1. The molecule has 2 N–H and O–H groups in total. The molecule has 28 heavy (non-hydrogen) atoms. The van der Waals surface area contributed by atoms with E-state index < -0.39 is 0 Å². The molecule has 1 aromatic heterocycles. The predicted octanol–water partition coefficient (Wildman–Crippen LogP) is 3.03. The van der Waals surface area contributed by atoms with E-state index in [0.29, 0.717) is 17.0 Å². The molecule has 144 valence electrons. The maximum atomic E-state index is 12.9. The lowest BCUT2D eigenvalue weighted by Crippen LogP contribution is -2.33. The van der Waals surface area contributed by atoms with Gasteiger partial charge >= 0.3 is 0 Å². The van der Waals surface area contributed by atoms with Crippen LogP contribution < -0.4 is 15.4 Å². The molecule has 0 fully saturated rings. The highest BCUT2D eigenvalue weighted by Gasteiger charge is 2.25. The first-order valence-corrected chi connectivity index (χ1v) is 9.23. The highest BCUT2D eigenvalue weighted by atomic mass is 16.5. The number of amides is 2. The van der Waals surface area contributed by atoms with Crippen molar-refractivity contribution in [3.05, 3.63) is 53.9 Å². The Morgan fingerprint density at radius 3 is 2.79 bits per heavy atom. The van der Waals surface area contributed by atoms with E-state index in [4.69, 9.17) is 9.72 Å². The van der Waals surface area contributed by atoms with Crippen molar-refractivity contribution >= 4 is 28.5 Å². The number of hydrogen-bond acceptors (Lipinski definition) is 4. The van der Waals surface area contributed by atoms with Crippen LogP contribution in [0.3, 0.4) is 0 Å². The van der Waals surface area contributed by atoms with Crippen LogP contribution in [-0.2, 0) is 11.8 Å². The standard InChI is InChI=1S/C21H22N4O3/c1-12(2)19(20-23-14-6-4-5-7-16(14)25(20)3)24-21(27)13-8-9-17-15(10-13)22-18(26)11-28-17/h4-10,12,19H,11H2,1-3H3,(H,22,26)(H,24,27)/t19-/m0/s1. The minimum Gasteiger partial charge on any atom is -0.482 e. The van der Waals surface area contributed by atoms with Crippen LogP contribution in [0.5, 0.6) is 5.75 Å². The molecule has 1 atom stereocenters. The highest BCUT2D eigenvalue weighted by molar-refractivity contribution is 6.00. The summed E-state index contributed by atoms with van der Waals surface area (Å²) in [5, 5.41) is 5.82. The van der Waals surface area contributed by atoms with Crippen molar-refractivity contribution in [3.8, 4) is 5.75 Å². The van der Waals surface area contributed by atoms with Crippen molar-refractivity contribution in [1.29, 1.82) is 0 Å². The summed E-state index contributed by atoms with van der Waals surface area (Å²) in [7, 11) is 1.96. The van der Waals surface area contributed by atoms with Crippen molar-refractivity contribution in [2.75, 3.05) is 11.9 Å². The first kappa shape index (κ1) is 18.0. The van der Waals surface area contributed by atoms with Gasteiger partial charge in [-0.15, -0.1) is 0 Å². The number of nitrogens with zero attached hydrogens (tertiary/aromatic N) is 2. The average molecular weight is 378 g/mol. The third-order valence-electron chi connectivity index (χ3n) is 4.93. The molecule has 0 aliphatic carbocycles. The number of fused-ring (bicyclic) bond motifs is 2. The number of ether oxygens (including phenoxy) is 1. The third kappa shape index (κ3) is 3.19. The van der Waals surface area contributed by atoms with Gasteiger partial charge in [-0.25, -0.2) is 4.98 Å². The molecule has 1 aliphatic rings. The molecule has 2 heterocycles. The second kappa shape index (κ2) is 6.99. The lowest BCUT2D eigenvalue weighted by Gasteiger charge is -2.23. The third-order valence-corrected chi connectivity index (χ3v) is 4.93. The van der Waals surface area contributed by atoms with Gasteiger partial charge in [-0.05, 0) is 36.2 Å². The molecular weight excluding hydrogens is 356 g/mol. The molecule has 7 nitrogen and oxygen atoms in total. The molecule has 1 aliphatic heterocycles. The fourth-order valence-electron chi connectivity index (χ4n) is 3.42. The van der Waals surface area contributed by atoms with Crippen molar-refractivity contribution in [2.45, 2.75) is 19.9 Å². The molecular formula is C21H22N4O3. The fraction of sp³-hybridized carbons (Fsp3) is 0.286. The molecule has 0 spiro atoms. The SMILES string of the molecule is CC(C)[C@H](NC(=O)c1ccc2c(c1)NC(=O)CO2)c1nc2ccccc2n1C. The molecule has 2 aromatic carbocycles. The van der Waals surface area contributed by atoms with Gasteiger partial charge in [0.15, 0.2) is 6.61 Å². The van der Waals surface area contributed by atoms with E-state index in [9.17, 15) is 9.59 Å². The summed E-state index contributed by atoms with van der Waals surface area (Å²) in [4.78, 5) is 29.2. The van der Waals surface area contributed by atoms with Crippen molar-refractivity contribution in [1.82, 2.24) is 14.9 Å². The average Bonchev–Trinajstić information content (AvgIpc) is 3.01. The first-order valence-electron chi connectivity index (χ1n) is 9.23. The Hall–Kier alpha value is -3.35. The molecule has 3 aromatic rings. The van der Waals surface area contributed by atoms with E-state index in [0.717, 1.165) is 16.9 Å². The van der Waals surface area contributed by atoms with Crippen LogP contribution in [0, 0.1) is 5.92 Å². The smallest absolute Gasteiger partial charge is 0.262 e. The minimum atomic E-state index is -0.258. The summed E-state index contributed by atoms with van der Waals surface area (Å²) < 4.78 is 7.37. The Kier molecular flexibility index (Phi) is 4.50. The van der Waals surface area contributed by atoms with Crippen molar-refractivity contribution < 1.29 is 14.3 Å². The number of imidazole rings is 1. The van der Waals surface area contributed by atoms with Crippen LogP contribution in [0.15, 0.2) is 42.5 Å². The van der Waals surface area contributed by atoms with E-state index in [1.54, 1.807) is 18.2 Å². The Bertz CT molecular complexity index is 1070. The van der Waals surface area contributed by atoms with Crippen LogP contribution in [0.2, 0.25) is 0 Å². The normalized spacial score (nSPS) is 14.4. The van der Waals surface area contributed by atoms with Crippen molar-refractivity contribution in [2.24, 2.45) is 13.0 Å². The zero-order valence-electron chi connectivity index (χ0n) is 16.0. The maximum absolute atomic E-state index is 12.9. The fourth-order valence-corrected chi connectivity index (χ4v) is 3.42. The molecule has 2 amide bonds. The second-order valence-electron chi connectivity index (χ2n) is 7.26.